The van der Waals surface area contributed by atoms with Crippen LogP contribution >= 0.6 is 7.92 Å². The summed E-state index contributed by atoms with van der Waals surface area (Å²) in [5, 5.41) is 3.93. The van der Waals surface area contributed by atoms with E-state index < -0.39 is 7.92 Å². The molecule has 0 nitrogen and oxygen atoms in total. The van der Waals surface area contributed by atoms with Gasteiger partial charge in [-0.15, -0.1) is 0 Å². The second kappa shape index (κ2) is 21.4. The smallest absolute Gasteiger partial charge is 0.0105 e. The minimum Gasteiger partial charge on any atom is -0.0683 e. The van der Waals surface area contributed by atoms with Gasteiger partial charge in [-0.1, -0.05) is 269 Å². The van der Waals surface area contributed by atoms with Crippen molar-refractivity contribution in [1.82, 2.24) is 0 Å². The van der Waals surface area contributed by atoms with Gasteiger partial charge in [-0.05, 0) is 109 Å². The van der Waals surface area contributed by atoms with Crippen molar-refractivity contribution in [2.24, 2.45) is 0 Å². The molecule has 0 aliphatic heterocycles. The molecule has 1 heteroatoms. The van der Waals surface area contributed by atoms with Crippen molar-refractivity contribution in [2.45, 2.75) is 13.8 Å². The number of rotatable bonds is 12. The van der Waals surface area contributed by atoms with Crippen molar-refractivity contribution < 1.29 is 0 Å². The first-order chi connectivity index (χ1) is 31.2. The Hall–Kier alpha value is -7.37. The Kier molecular flexibility index (Phi) is 14.4. The lowest BCUT2D eigenvalue weighted by molar-refractivity contribution is 1.50. The molecule has 0 aliphatic rings. The quantitative estimate of drug-likeness (QED) is 0.0850. The van der Waals surface area contributed by atoms with E-state index >= 15 is 0 Å². The van der Waals surface area contributed by atoms with Gasteiger partial charge in [0.15, 0.2) is 0 Å². The summed E-state index contributed by atoms with van der Waals surface area (Å²) in [4.78, 5) is 0. The van der Waals surface area contributed by atoms with E-state index in [4.69, 9.17) is 0 Å². The van der Waals surface area contributed by atoms with Gasteiger partial charge in [0.05, 0.1) is 0 Å². The summed E-state index contributed by atoms with van der Waals surface area (Å²) in [5.74, 6) is 0. The lowest BCUT2D eigenvalue weighted by atomic mass is 9.96. The molecule has 0 N–H and O–H groups in total. The molecule has 0 atom stereocenters. The zero-order chi connectivity index (χ0) is 43.1. The molecule has 0 saturated carbocycles. The molecule has 9 aromatic carbocycles. The van der Waals surface area contributed by atoms with Crippen molar-refractivity contribution in [2.75, 3.05) is 0 Å². The fraction of sp³-hybridized carbons (Fsp3) is 0.0323. The Bertz CT molecular complexity index is 2410. The van der Waals surface area contributed by atoms with Crippen LogP contribution in [0.25, 0.3) is 34.9 Å². The minimum atomic E-state index is -0.869. The molecule has 63 heavy (non-hydrogen) atoms. The highest BCUT2D eigenvalue weighted by Gasteiger charge is 2.18. The molecule has 304 valence electrons. The van der Waals surface area contributed by atoms with Crippen LogP contribution in [0.5, 0.6) is 0 Å². The maximum Gasteiger partial charge on any atom is -0.0105 e. The lowest BCUT2D eigenvalue weighted by Gasteiger charge is -2.20. The highest BCUT2D eigenvalue weighted by molar-refractivity contribution is 7.79. The maximum absolute atomic E-state index is 2.33. The summed E-state index contributed by atoms with van der Waals surface area (Å²) in [6.45, 7) is 4.00. The highest BCUT2D eigenvalue weighted by Crippen LogP contribution is 2.35. The second-order valence-electron chi connectivity index (χ2n) is 15.0. The molecule has 0 saturated heterocycles. The van der Waals surface area contributed by atoms with Crippen LogP contribution in [0, 0.1) is 0 Å². The fourth-order valence-corrected chi connectivity index (χ4v) is 10.0. The van der Waals surface area contributed by atoms with Crippen LogP contribution in [0.4, 0.5) is 0 Å². The van der Waals surface area contributed by atoms with E-state index in [1.54, 1.807) is 0 Å². The van der Waals surface area contributed by atoms with E-state index in [0.29, 0.717) is 0 Å². The molecule has 0 fully saturated rings. The van der Waals surface area contributed by atoms with Crippen LogP contribution in [0.3, 0.4) is 0 Å². The van der Waals surface area contributed by atoms with E-state index in [1.165, 1.54) is 82.7 Å². The van der Waals surface area contributed by atoms with E-state index in [-0.39, 0.29) is 0 Å². The Morgan fingerprint density at radius 3 is 0.587 bits per heavy atom. The van der Waals surface area contributed by atoms with E-state index in [1.807, 2.05) is 13.8 Å². The van der Waals surface area contributed by atoms with Gasteiger partial charge in [0.25, 0.3) is 0 Å². The predicted molar refractivity (Wildman–Crippen MR) is 276 cm³/mol. The number of hydrogen-bond donors (Lipinski definition) is 0. The monoisotopic (exact) mass is 826 g/mol. The first kappa shape index (κ1) is 42.3. The molecule has 0 unspecified atom stereocenters. The van der Waals surface area contributed by atoms with Gasteiger partial charge in [0.2, 0.25) is 0 Å². The SMILES string of the molecule is C(=C(c1ccccc1)c1ccccc1)c1ccc(P(c2ccc(C=C(c3ccccc3)c3ccccc3)cc2)c2ccc(C=C(c3ccccc3)c3ccccc3)cc2)cc1.CC. The first-order valence-corrected chi connectivity index (χ1v) is 23.2. The molecule has 9 aromatic rings. The minimum absolute atomic E-state index is 0.869. The van der Waals surface area contributed by atoms with Crippen molar-refractivity contribution in [3.05, 3.63) is 305 Å². The number of hydrogen-bond acceptors (Lipinski definition) is 0. The van der Waals surface area contributed by atoms with Crippen LogP contribution in [0.15, 0.2) is 255 Å². The summed E-state index contributed by atoms with van der Waals surface area (Å²) in [6.07, 6.45) is 6.94. The van der Waals surface area contributed by atoms with Crippen LogP contribution in [-0.2, 0) is 0 Å². The molecule has 0 aromatic heterocycles. The van der Waals surface area contributed by atoms with Crippen LogP contribution in [-0.4, -0.2) is 0 Å². The zero-order valence-corrected chi connectivity index (χ0v) is 36.8. The van der Waals surface area contributed by atoms with Crippen molar-refractivity contribution in [1.29, 1.82) is 0 Å². The molecule has 0 bridgehead atoms. The van der Waals surface area contributed by atoms with Gasteiger partial charge in [-0.2, -0.15) is 0 Å². The van der Waals surface area contributed by atoms with E-state index in [0.717, 1.165) is 0 Å². The van der Waals surface area contributed by atoms with Crippen molar-refractivity contribution in [3.8, 4) is 0 Å². The topological polar surface area (TPSA) is 0 Å². The van der Waals surface area contributed by atoms with Gasteiger partial charge >= 0.3 is 0 Å². The predicted octanol–water partition coefficient (Wildman–Crippen LogP) is 15.2. The highest BCUT2D eigenvalue weighted by atomic mass is 31.1. The average molecular weight is 827 g/mol. The molecular weight excluding hydrogens is 776 g/mol. The summed E-state index contributed by atoms with van der Waals surface area (Å²) in [5.41, 5.74) is 14.4. The van der Waals surface area contributed by atoms with Crippen LogP contribution in [0.1, 0.15) is 63.9 Å². The lowest BCUT2D eigenvalue weighted by Crippen LogP contribution is -2.20. The van der Waals surface area contributed by atoms with Gasteiger partial charge in [-0.3, -0.25) is 0 Å². The Labute approximate surface area is 375 Å². The summed E-state index contributed by atoms with van der Waals surface area (Å²) < 4.78 is 0. The largest absolute Gasteiger partial charge is 0.0683 e. The van der Waals surface area contributed by atoms with Crippen molar-refractivity contribution in [3.63, 3.8) is 0 Å². The Balaban J connectivity index is 0.00000268. The standard InChI is InChI=1S/C60H45P.C2H6/c1-7-19-49(20-8-1)58(50-21-9-2-10-22-50)43-46-31-37-55(38-32-46)61(56-39-33-47(34-40-56)44-59(51-23-11-3-12-24-51)52-25-13-4-14-26-52)57-41-35-48(36-42-57)45-60(53-27-15-5-16-28-53)54-29-17-6-18-30-54;1-2/h1-45H;1-2H3. The van der Waals surface area contributed by atoms with Crippen LogP contribution < -0.4 is 15.9 Å². The molecule has 0 aliphatic carbocycles. The molecule has 9 rings (SSSR count). The first-order valence-electron chi connectivity index (χ1n) is 21.8. The van der Waals surface area contributed by atoms with Crippen LogP contribution in [0.2, 0.25) is 0 Å². The van der Waals surface area contributed by atoms with E-state index in [9.17, 15) is 0 Å². The molecule has 0 heterocycles. The normalized spacial score (nSPS) is 10.5. The van der Waals surface area contributed by atoms with Gasteiger partial charge < -0.3 is 0 Å². The Morgan fingerprint density at radius 1 is 0.238 bits per heavy atom. The van der Waals surface area contributed by atoms with Gasteiger partial charge in [-0.25, -0.2) is 0 Å². The summed E-state index contributed by atoms with van der Waals surface area (Å²) >= 11 is 0. The maximum atomic E-state index is 2.33. The Morgan fingerprint density at radius 2 is 0.413 bits per heavy atom. The van der Waals surface area contributed by atoms with Gasteiger partial charge in [0, 0.05) is 0 Å². The fourth-order valence-electron chi connectivity index (χ4n) is 7.81. The zero-order valence-electron chi connectivity index (χ0n) is 35.9. The third kappa shape index (κ3) is 10.8. The molecule has 0 amide bonds. The summed E-state index contributed by atoms with van der Waals surface area (Å²) in [7, 11) is -0.869. The number of benzene rings is 9. The van der Waals surface area contributed by atoms with Crippen molar-refractivity contribution >= 4 is 58.8 Å². The molecule has 0 spiro atoms. The third-order valence-electron chi connectivity index (χ3n) is 10.9. The van der Waals surface area contributed by atoms with Gasteiger partial charge in [0.1, 0.15) is 0 Å². The van der Waals surface area contributed by atoms with E-state index in [2.05, 4.69) is 273 Å². The average Bonchev–Trinajstić information content (AvgIpc) is 3.38. The summed E-state index contributed by atoms with van der Waals surface area (Å²) in [6, 6.07) is 91.7. The second-order valence-corrected chi connectivity index (χ2v) is 17.2. The molecule has 0 radical (unpaired) electrons. The molecular formula is C62H51P. The third-order valence-corrected chi connectivity index (χ3v) is 13.3.